The molecule has 0 radical (unpaired) electrons. The van der Waals surface area contributed by atoms with Crippen LogP contribution in [0.4, 0.5) is 0 Å². The molecule has 5 nitrogen and oxygen atoms in total. The fraction of sp³-hybridized carbons (Fsp3) is 0.933. The molecule has 0 rings (SSSR count). The van der Waals surface area contributed by atoms with Crippen LogP contribution < -0.4 is 0 Å². The third-order valence-corrected chi connectivity index (χ3v) is 2.53. The molecule has 0 spiro atoms. The summed E-state index contributed by atoms with van der Waals surface area (Å²) in [5.41, 5.74) is 0. The highest BCUT2D eigenvalue weighted by atomic mass is 16.6. The van der Waals surface area contributed by atoms with Crippen LogP contribution in [0.15, 0.2) is 0 Å². The number of hydrogen-bond acceptors (Lipinski definition) is 5. The fourth-order valence-corrected chi connectivity index (χ4v) is 1.23. The van der Waals surface area contributed by atoms with Crippen molar-refractivity contribution < 1.29 is 23.7 Å². The van der Waals surface area contributed by atoms with E-state index < -0.39 is 0 Å². The Kier molecular flexibility index (Phi) is 12.9. The average molecular weight is 290 g/mol. The normalized spacial score (nSPS) is 11.3. The Hall–Kier alpha value is -0.650. The number of esters is 1. The fourth-order valence-electron chi connectivity index (χ4n) is 1.23. The molecule has 0 bridgehead atoms. The van der Waals surface area contributed by atoms with Crippen LogP contribution in [0.2, 0.25) is 0 Å². The topological polar surface area (TPSA) is 54.0 Å². The summed E-state index contributed by atoms with van der Waals surface area (Å²) in [6.45, 7) is 11.7. The van der Waals surface area contributed by atoms with E-state index in [0.717, 1.165) is 13.0 Å². The lowest BCUT2D eigenvalue weighted by Crippen LogP contribution is -2.16. The van der Waals surface area contributed by atoms with Gasteiger partial charge in [0.15, 0.2) is 0 Å². The minimum absolute atomic E-state index is 0.0889. The van der Waals surface area contributed by atoms with Crippen molar-refractivity contribution in [2.24, 2.45) is 11.8 Å². The zero-order valence-corrected chi connectivity index (χ0v) is 13.4. The van der Waals surface area contributed by atoms with Crippen LogP contribution in [-0.2, 0) is 23.7 Å². The average Bonchev–Trinajstić information content (AvgIpc) is 2.39. The molecule has 0 saturated carbocycles. The summed E-state index contributed by atoms with van der Waals surface area (Å²) < 4.78 is 21.0. The van der Waals surface area contributed by atoms with E-state index in [2.05, 4.69) is 13.8 Å². The lowest BCUT2D eigenvalue weighted by atomic mass is 10.1. The Morgan fingerprint density at radius 3 is 1.65 bits per heavy atom. The molecule has 0 amide bonds. The molecule has 0 heterocycles. The van der Waals surface area contributed by atoms with E-state index in [1.807, 2.05) is 0 Å². The van der Waals surface area contributed by atoms with Gasteiger partial charge in [-0.25, -0.2) is 0 Å². The molecule has 0 unspecified atom stereocenters. The van der Waals surface area contributed by atoms with Crippen molar-refractivity contribution in [2.45, 2.75) is 34.1 Å². The second-order valence-electron chi connectivity index (χ2n) is 5.34. The summed E-state index contributed by atoms with van der Waals surface area (Å²) in [4.78, 5) is 11.1. The van der Waals surface area contributed by atoms with Gasteiger partial charge in [-0.05, 0) is 12.3 Å². The van der Waals surface area contributed by atoms with Crippen LogP contribution in [0.3, 0.4) is 0 Å². The minimum Gasteiger partial charge on any atom is -0.463 e. The number of hydrogen-bond donors (Lipinski definition) is 0. The summed E-state index contributed by atoms with van der Waals surface area (Å²) in [6, 6.07) is 0. The third kappa shape index (κ3) is 13.8. The maximum atomic E-state index is 11.1. The molecule has 0 saturated heterocycles. The highest BCUT2D eigenvalue weighted by Gasteiger charge is 2.06. The van der Waals surface area contributed by atoms with Gasteiger partial charge in [0.25, 0.3) is 0 Å². The van der Waals surface area contributed by atoms with Crippen molar-refractivity contribution in [3.63, 3.8) is 0 Å². The standard InChI is InChI=1S/C15H30O5/c1-13(2)5-6-17-7-8-18-9-10-19-11-12-20-15(16)14(3)4/h13-14H,5-12H2,1-4H3. The van der Waals surface area contributed by atoms with Crippen LogP contribution in [0.1, 0.15) is 34.1 Å². The first-order valence-electron chi connectivity index (χ1n) is 7.44. The second kappa shape index (κ2) is 13.3. The van der Waals surface area contributed by atoms with E-state index >= 15 is 0 Å². The molecule has 0 aliphatic carbocycles. The minimum atomic E-state index is -0.191. The zero-order chi connectivity index (χ0) is 15.2. The van der Waals surface area contributed by atoms with Crippen molar-refractivity contribution in [2.75, 3.05) is 46.2 Å². The van der Waals surface area contributed by atoms with Gasteiger partial charge in [0.1, 0.15) is 6.61 Å². The van der Waals surface area contributed by atoms with Crippen molar-refractivity contribution in [3.05, 3.63) is 0 Å². The molecular formula is C15H30O5. The van der Waals surface area contributed by atoms with Gasteiger partial charge in [0.2, 0.25) is 0 Å². The lowest BCUT2D eigenvalue weighted by Gasteiger charge is -2.09. The van der Waals surface area contributed by atoms with Gasteiger partial charge in [-0.15, -0.1) is 0 Å². The summed E-state index contributed by atoms with van der Waals surface area (Å²) >= 11 is 0. The predicted octanol–water partition coefficient (Wildman–Crippen LogP) is 2.28. The molecular weight excluding hydrogens is 260 g/mol. The van der Waals surface area contributed by atoms with E-state index in [1.165, 1.54) is 0 Å². The molecule has 0 aliphatic rings. The maximum Gasteiger partial charge on any atom is 0.308 e. The smallest absolute Gasteiger partial charge is 0.308 e. The monoisotopic (exact) mass is 290 g/mol. The van der Waals surface area contributed by atoms with Crippen molar-refractivity contribution in [3.8, 4) is 0 Å². The van der Waals surface area contributed by atoms with Crippen LogP contribution in [0.5, 0.6) is 0 Å². The molecule has 0 atom stereocenters. The van der Waals surface area contributed by atoms with Gasteiger partial charge in [0.05, 0.1) is 39.0 Å². The molecule has 0 aromatic carbocycles. The van der Waals surface area contributed by atoms with Crippen LogP contribution >= 0.6 is 0 Å². The quantitative estimate of drug-likeness (QED) is 0.385. The van der Waals surface area contributed by atoms with E-state index in [4.69, 9.17) is 18.9 Å². The summed E-state index contributed by atoms with van der Waals surface area (Å²) in [5.74, 6) is 0.395. The summed E-state index contributed by atoms with van der Waals surface area (Å²) in [5, 5.41) is 0. The molecule has 0 N–H and O–H groups in total. The van der Waals surface area contributed by atoms with Gasteiger partial charge in [0, 0.05) is 6.61 Å². The number of carbonyl (C=O) groups is 1. The van der Waals surface area contributed by atoms with Crippen LogP contribution in [0.25, 0.3) is 0 Å². The Balaban J connectivity index is 3.08. The molecule has 5 heteroatoms. The van der Waals surface area contributed by atoms with Crippen LogP contribution in [0, 0.1) is 11.8 Å². The van der Waals surface area contributed by atoms with E-state index in [1.54, 1.807) is 13.8 Å². The molecule has 0 aromatic heterocycles. The van der Waals surface area contributed by atoms with E-state index in [9.17, 15) is 4.79 Å². The number of carbonyl (C=O) groups excluding carboxylic acids is 1. The first-order valence-corrected chi connectivity index (χ1v) is 7.44. The van der Waals surface area contributed by atoms with Crippen molar-refractivity contribution >= 4 is 5.97 Å². The van der Waals surface area contributed by atoms with Crippen molar-refractivity contribution in [1.82, 2.24) is 0 Å². The van der Waals surface area contributed by atoms with Crippen LogP contribution in [-0.4, -0.2) is 52.2 Å². The Bertz CT molecular complexity index is 228. The highest BCUT2D eigenvalue weighted by Crippen LogP contribution is 1.98. The molecule has 0 fully saturated rings. The van der Waals surface area contributed by atoms with E-state index in [-0.39, 0.29) is 11.9 Å². The summed E-state index contributed by atoms with van der Waals surface area (Å²) in [6.07, 6.45) is 1.08. The second-order valence-corrected chi connectivity index (χ2v) is 5.34. The molecule has 0 aliphatic heterocycles. The Morgan fingerprint density at radius 2 is 1.20 bits per heavy atom. The largest absolute Gasteiger partial charge is 0.463 e. The number of rotatable bonds is 13. The first-order chi connectivity index (χ1) is 9.54. The van der Waals surface area contributed by atoms with Gasteiger partial charge in [-0.3, -0.25) is 4.79 Å². The van der Waals surface area contributed by atoms with Gasteiger partial charge < -0.3 is 18.9 Å². The van der Waals surface area contributed by atoms with E-state index in [0.29, 0.717) is 45.6 Å². The maximum absolute atomic E-state index is 11.1. The molecule has 120 valence electrons. The zero-order valence-electron chi connectivity index (χ0n) is 13.4. The number of ether oxygens (including phenoxy) is 4. The Morgan fingerprint density at radius 1 is 0.750 bits per heavy atom. The van der Waals surface area contributed by atoms with Crippen molar-refractivity contribution in [1.29, 1.82) is 0 Å². The van der Waals surface area contributed by atoms with Gasteiger partial charge in [-0.2, -0.15) is 0 Å². The molecule has 20 heavy (non-hydrogen) atoms. The molecule has 0 aromatic rings. The van der Waals surface area contributed by atoms with Gasteiger partial charge in [-0.1, -0.05) is 27.7 Å². The highest BCUT2D eigenvalue weighted by molar-refractivity contribution is 5.71. The SMILES string of the molecule is CC(C)CCOCCOCCOCCOC(=O)C(C)C. The Labute approximate surface area is 122 Å². The lowest BCUT2D eigenvalue weighted by molar-refractivity contribution is -0.149. The predicted molar refractivity (Wildman–Crippen MR) is 77.7 cm³/mol. The summed E-state index contributed by atoms with van der Waals surface area (Å²) in [7, 11) is 0. The third-order valence-electron chi connectivity index (χ3n) is 2.53. The van der Waals surface area contributed by atoms with Gasteiger partial charge >= 0.3 is 5.97 Å². The first kappa shape index (κ1) is 19.4.